The molecule has 2 N–H and O–H groups in total. The first kappa shape index (κ1) is 28.8. The molecule has 176 valence electrons. The second kappa shape index (κ2) is 19.8. The van der Waals surface area contributed by atoms with Gasteiger partial charge in [-0.2, -0.15) is 8.42 Å². The first-order valence-electron chi connectivity index (χ1n) is 12.1. The van der Waals surface area contributed by atoms with Gasteiger partial charge in [0.15, 0.2) is 0 Å². The molecule has 29 heavy (non-hydrogen) atoms. The molecular formula is C23H49NO4S. The fourth-order valence-electron chi connectivity index (χ4n) is 3.79. The summed E-state index contributed by atoms with van der Waals surface area (Å²) in [6.07, 6.45) is 21.6. The number of unbranched alkanes of at least 4 members (excludes halogenated alkanes) is 16. The van der Waals surface area contributed by atoms with Crippen molar-refractivity contribution in [1.82, 2.24) is 4.90 Å². The van der Waals surface area contributed by atoms with Gasteiger partial charge in [-0.05, 0) is 33.5 Å². The minimum absolute atomic E-state index is 0.455. The molecule has 0 rings (SSSR count). The highest BCUT2D eigenvalue weighted by Gasteiger charge is 2.13. The van der Waals surface area contributed by atoms with E-state index in [1.54, 1.807) is 0 Å². The van der Waals surface area contributed by atoms with Gasteiger partial charge in [0.05, 0.1) is 6.10 Å². The number of hydrogen-bond donors (Lipinski definition) is 2. The molecule has 0 aromatic carbocycles. The van der Waals surface area contributed by atoms with E-state index >= 15 is 0 Å². The van der Waals surface area contributed by atoms with Crippen LogP contribution in [0.15, 0.2) is 0 Å². The molecule has 0 bridgehead atoms. The molecule has 0 fully saturated rings. The zero-order valence-electron chi connectivity index (χ0n) is 19.3. The van der Waals surface area contributed by atoms with E-state index in [4.69, 9.17) is 4.55 Å². The standard InChI is InChI=1S/C23H49NO4S/c1-24(2)21-19-17-15-13-11-9-7-5-3-4-6-8-10-12-14-16-18-20-23(25)22-29(26,27)28/h23,25H,3-22H2,1-2H3,(H,26,27,28). The van der Waals surface area contributed by atoms with Gasteiger partial charge in [0, 0.05) is 0 Å². The molecule has 0 aromatic rings. The van der Waals surface area contributed by atoms with Crippen LogP contribution in [0.3, 0.4) is 0 Å². The predicted molar refractivity (Wildman–Crippen MR) is 124 cm³/mol. The van der Waals surface area contributed by atoms with Gasteiger partial charge in [0.1, 0.15) is 5.75 Å². The van der Waals surface area contributed by atoms with Gasteiger partial charge in [-0.15, -0.1) is 0 Å². The Labute approximate surface area is 181 Å². The molecule has 0 aliphatic heterocycles. The molecule has 0 heterocycles. The third-order valence-electron chi connectivity index (χ3n) is 5.55. The highest BCUT2D eigenvalue weighted by Crippen LogP contribution is 2.14. The fraction of sp³-hybridized carbons (Fsp3) is 1.00. The predicted octanol–water partition coefficient (Wildman–Crippen LogP) is 5.82. The van der Waals surface area contributed by atoms with E-state index in [0.29, 0.717) is 6.42 Å². The maximum Gasteiger partial charge on any atom is 0.267 e. The summed E-state index contributed by atoms with van der Waals surface area (Å²) in [6, 6.07) is 0. The van der Waals surface area contributed by atoms with E-state index in [0.717, 1.165) is 19.3 Å². The Morgan fingerprint density at radius 1 is 0.621 bits per heavy atom. The quantitative estimate of drug-likeness (QED) is 0.165. The van der Waals surface area contributed by atoms with E-state index in [2.05, 4.69) is 19.0 Å². The number of rotatable bonds is 22. The summed E-state index contributed by atoms with van der Waals surface area (Å²) in [5.41, 5.74) is 0. The van der Waals surface area contributed by atoms with Gasteiger partial charge in [-0.1, -0.05) is 103 Å². The van der Waals surface area contributed by atoms with E-state index in [-0.39, 0.29) is 0 Å². The Bertz CT molecular complexity index is 440. The van der Waals surface area contributed by atoms with Crippen molar-refractivity contribution in [2.45, 2.75) is 122 Å². The minimum atomic E-state index is -4.05. The maximum absolute atomic E-state index is 10.6. The Balaban J connectivity index is 3.14. The van der Waals surface area contributed by atoms with Crippen molar-refractivity contribution in [1.29, 1.82) is 0 Å². The first-order valence-corrected chi connectivity index (χ1v) is 13.7. The van der Waals surface area contributed by atoms with Crippen LogP contribution in [0.5, 0.6) is 0 Å². The fourth-order valence-corrected chi connectivity index (χ4v) is 4.44. The molecular weight excluding hydrogens is 386 g/mol. The molecule has 0 aliphatic rings. The van der Waals surface area contributed by atoms with Crippen LogP contribution in [-0.4, -0.2) is 55.5 Å². The van der Waals surface area contributed by atoms with Crippen LogP contribution < -0.4 is 0 Å². The summed E-state index contributed by atoms with van der Waals surface area (Å²) in [5.74, 6) is -0.538. The molecule has 0 spiro atoms. The lowest BCUT2D eigenvalue weighted by atomic mass is 10.0. The molecule has 0 radical (unpaired) electrons. The van der Waals surface area contributed by atoms with Gasteiger partial charge in [-0.3, -0.25) is 4.55 Å². The molecule has 0 saturated carbocycles. The second-order valence-corrected chi connectivity index (χ2v) is 10.5. The zero-order chi connectivity index (χ0) is 21.8. The zero-order valence-corrected chi connectivity index (χ0v) is 20.1. The molecule has 0 aromatic heterocycles. The van der Waals surface area contributed by atoms with Crippen LogP contribution >= 0.6 is 0 Å². The van der Waals surface area contributed by atoms with Crippen molar-refractivity contribution in [3.63, 3.8) is 0 Å². The monoisotopic (exact) mass is 435 g/mol. The lowest BCUT2D eigenvalue weighted by Gasteiger charge is -2.08. The van der Waals surface area contributed by atoms with Crippen molar-refractivity contribution >= 4 is 10.1 Å². The summed E-state index contributed by atoms with van der Waals surface area (Å²) in [4.78, 5) is 2.27. The van der Waals surface area contributed by atoms with E-state index in [1.807, 2.05) is 0 Å². The van der Waals surface area contributed by atoms with Gasteiger partial charge in [-0.25, -0.2) is 0 Å². The van der Waals surface area contributed by atoms with Crippen LogP contribution in [0.25, 0.3) is 0 Å². The SMILES string of the molecule is CN(C)CCCCCCCCCCCCCCCCCCCC(O)CS(=O)(=O)O. The Hall–Kier alpha value is -0.170. The van der Waals surface area contributed by atoms with Crippen LogP contribution in [0.4, 0.5) is 0 Å². The molecule has 0 aliphatic carbocycles. The molecule has 0 amide bonds. The molecule has 5 nitrogen and oxygen atoms in total. The summed E-state index contributed by atoms with van der Waals surface area (Å²) in [6.45, 7) is 1.23. The second-order valence-electron chi connectivity index (χ2n) is 9.00. The molecule has 0 saturated heterocycles. The summed E-state index contributed by atoms with van der Waals surface area (Å²) in [7, 11) is 0.246. The molecule has 1 atom stereocenters. The first-order chi connectivity index (χ1) is 13.8. The molecule has 1 unspecified atom stereocenters. The van der Waals surface area contributed by atoms with Crippen LogP contribution in [-0.2, 0) is 10.1 Å². The summed E-state index contributed by atoms with van der Waals surface area (Å²) >= 11 is 0. The Kier molecular flexibility index (Phi) is 19.7. The third kappa shape index (κ3) is 25.8. The highest BCUT2D eigenvalue weighted by molar-refractivity contribution is 7.85. The van der Waals surface area contributed by atoms with Crippen molar-refractivity contribution in [2.24, 2.45) is 0 Å². The Morgan fingerprint density at radius 3 is 1.24 bits per heavy atom. The normalized spacial score (nSPS) is 13.3. The van der Waals surface area contributed by atoms with Gasteiger partial charge < -0.3 is 10.0 Å². The largest absolute Gasteiger partial charge is 0.392 e. The Morgan fingerprint density at radius 2 is 0.931 bits per heavy atom. The maximum atomic E-state index is 10.6. The number of aliphatic hydroxyl groups is 1. The van der Waals surface area contributed by atoms with E-state index < -0.39 is 22.0 Å². The van der Waals surface area contributed by atoms with Crippen molar-refractivity contribution in [2.75, 3.05) is 26.4 Å². The van der Waals surface area contributed by atoms with Crippen LogP contribution in [0.2, 0.25) is 0 Å². The number of aliphatic hydroxyl groups excluding tert-OH is 1. The van der Waals surface area contributed by atoms with Crippen LogP contribution in [0.1, 0.15) is 116 Å². The molecule has 6 heteroatoms. The van der Waals surface area contributed by atoms with Crippen molar-refractivity contribution in [3.8, 4) is 0 Å². The average Bonchev–Trinajstić information content (AvgIpc) is 2.62. The summed E-state index contributed by atoms with van der Waals surface area (Å²) in [5, 5.41) is 9.50. The third-order valence-corrected chi connectivity index (χ3v) is 6.35. The average molecular weight is 436 g/mol. The van der Waals surface area contributed by atoms with Crippen LogP contribution in [0, 0.1) is 0 Å². The topological polar surface area (TPSA) is 77.8 Å². The highest BCUT2D eigenvalue weighted by atomic mass is 32.2. The van der Waals surface area contributed by atoms with Gasteiger partial charge in [0.2, 0.25) is 0 Å². The van der Waals surface area contributed by atoms with Crippen molar-refractivity contribution in [3.05, 3.63) is 0 Å². The minimum Gasteiger partial charge on any atom is -0.392 e. The lowest BCUT2D eigenvalue weighted by molar-refractivity contribution is 0.180. The lowest BCUT2D eigenvalue weighted by Crippen LogP contribution is -2.19. The number of nitrogens with zero attached hydrogens (tertiary/aromatic N) is 1. The van der Waals surface area contributed by atoms with E-state index in [1.165, 1.54) is 96.4 Å². The van der Waals surface area contributed by atoms with Gasteiger partial charge in [0.25, 0.3) is 10.1 Å². The summed E-state index contributed by atoms with van der Waals surface area (Å²) < 4.78 is 30.0. The van der Waals surface area contributed by atoms with Crippen molar-refractivity contribution < 1.29 is 18.1 Å². The number of hydrogen-bond acceptors (Lipinski definition) is 4. The van der Waals surface area contributed by atoms with E-state index in [9.17, 15) is 13.5 Å². The van der Waals surface area contributed by atoms with Gasteiger partial charge >= 0.3 is 0 Å². The smallest absolute Gasteiger partial charge is 0.267 e.